The van der Waals surface area contributed by atoms with Crippen LogP contribution in [0.2, 0.25) is 5.02 Å². The quantitative estimate of drug-likeness (QED) is 0.611. The van der Waals surface area contributed by atoms with Gasteiger partial charge < -0.3 is 14.6 Å². The summed E-state index contributed by atoms with van der Waals surface area (Å²) in [7, 11) is 1.45. The molecule has 0 spiro atoms. The molecule has 6 nitrogen and oxygen atoms in total. The van der Waals surface area contributed by atoms with Gasteiger partial charge in [0.1, 0.15) is 5.75 Å². The maximum Gasteiger partial charge on any atom is 0.277 e. The number of nitrogens with one attached hydrogen (secondary N) is 1. The molecule has 7 heteroatoms. The molecule has 0 aliphatic rings. The van der Waals surface area contributed by atoms with E-state index < -0.39 is 5.91 Å². The van der Waals surface area contributed by atoms with E-state index in [1.807, 2.05) is 13.8 Å². The van der Waals surface area contributed by atoms with Crippen LogP contribution in [0.25, 0.3) is 0 Å². The molecule has 2 aromatic rings. The second-order valence-electron chi connectivity index (χ2n) is 5.38. The number of phenols is 1. The first-order valence-electron chi connectivity index (χ1n) is 7.49. The smallest absolute Gasteiger partial charge is 0.277 e. The Balaban J connectivity index is 1.88. The Hall–Kier alpha value is -2.73. The fourth-order valence-corrected chi connectivity index (χ4v) is 2.23. The van der Waals surface area contributed by atoms with Crippen molar-refractivity contribution in [2.75, 3.05) is 13.7 Å². The number of aryl methyl sites for hydroxylation is 2. The minimum absolute atomic E-state index is 0.0330. The lowest BCUT2D eigenvalue weighted by Gasteiger charge is -2.09. The number of ether oxygens (including phenoxy) is 2. The van der Waals surface area contributed by atoms with Crippen molar-refractivity contribution in [1.82, 2.24) is 5.43 Å². The van der Waals surface area contributed by atoms with Gasteiger partial charge in [0.05, 0.1) is 13.3 Å². The highest BCUT2D eigenvalue weighted by Crippen LogP contribution is 2.26. The van der Waals surface area contributed by atoms with Crippen LogP contribution in [0.3, 0.4) is 0 Å². The fourth-order valence-electron chi connectivity index (χ4n) is 2.12. The van der Waals surface area contributed by atoms with Crippen molar-refractivity contribution < 1.29 is 19.4 Å². The minimum atomic E-state index is -0.396. The van der Waals surface area contributed by atoms with Crippen LogP contribution in [-0.4, -0.2) is 30.9 Å². The number of hydrazone groups is 1. The van der Waals surface area contributed by atoms with Crippen molar-refractivity contribution in [3.63, 3.8) is 0 Å². The molecular formula is C18H19ClN2O4. The Bertz CT molecular complexity index is 783. The summed E-state index contributed by atoms with van der Waals surface area (Å²) in [6.07, 6.45) is 1.44. The van der Waals surface area contributed by atoms with E-state index >= 15 is 0 Å². The molecule has 25 heavy (non-hydrogen) atoms. The summed E-state index contributed by atoms with van der Waals surface area (Å²) in [5.74, 6) is 0.534. The Kier molecular flexibility index (Phi) is 6.25. The average Bonchev–Trinajstić information content (AvgIpc) is 2.59. The SMILES string of the molecule is COc1cc(/C=N/NC(=O)COc2cc(C)c(Cl)c(C)c2)ccc1O. The van der Waals surface area contributed by atoms with Gasteiger partial charge in [0.15, 0.2) is 18.1 Å². The molecule has 0 saturated heterocycles. The van der Waals surface area contributed by atoms with E-state index in [0.29, 0.717) is 22.1 Å². The van der Waals surface area contributed by atoms with E-state index in [4.69, 9.17) is 21.1 Å². The van der Waals surface area contributed by atoms with E-state index in [2.05, 4.69) is 10.5 Å². The monoisotopic (exact) mass is 362 g/mol. The zero-order valence-corrected chi connectivity index (χ0v) is 14.9. The number of rotatable bonds is 6. The molecule has 0 unspecified atom stereocenters. The number of hydrogen-bond acceptors (Lipinski definition) is 5. The van der Waals surface area contributed by atoms with Crippen LogP contribution in [0.15, 0.2) is 35.4 Å². The third-order valence-corrected chi connectivity index (χ3v) is 3.98. The topological polar surface area (TPSA) is 80.2 Å². The normalized spacial score (nSPS) is 10.7. The van der Waals surface area contributed by atoms with Crippen LogP contribution < -0.4 is 14.9 Å². The molecule has 0 fully saturated rings. The average molecular weight is 363 g/mol. The van der Waals surface area contributed by atoms with E-state index in [1.165, 1.54) is 19.4 Å². The van der Waals surface area contributed by atoms with Crippen LogP contribution >= 0.6 is 11.6 Å². The van der Waals surface area contributed by atoms with Crippen molar-refractivity contribution in [1.29, 1.82) is 0 Å². The van der Waals surface area contributed by atoms with Gasteiger partial charge in [-0.2, -0.15) is 5.10 Å². The third kappa shape index (κ3) is 5.12. The highest BCUT2D eigenvalue weighted by molar-refractivity contribution is 6.32. The molecule has 0 aromatic heterocycles. The van der Waals surface area contributed by atoms with E-state index in [1.54, 1.807) is 24.3 Å². The number of phenolic OH excluding ortho intramolecular Hbond substituents is 1. The third-order valence-electron chi connectivity index (χ3n) is 3.39. The summed E-state index contributed by atoms with van der Waals surface area (Å²) in [5.41, 5.74) is 4.81. The number of amides is 1. The molecule has 0 bridgehead atoms. The van der Waals surface area contributed by atoms with Crippen LogP contribution in [0.5, 0.6) is 17.2 Å². The van der Waals surface area contributed by atoms with E-state index in [-0.39, 0.29) is 12.4 Å². The number of benzene rings is 2. The first-order chi connectivity index (χ1) is 11.9. The lowest BCUT2D eigenvalue weighted by molar-refractivity contribution is -0.123. The van der Waals surface area contributed by atoms with E-state index in [9.17, 15) is 9.90 Å². The fraction of sp³-hybridized carbons (Fsp3) is 0.222. The van der Waals surface area contributed by atoms with Gasteiger partial charge >= 0.3 is 0 Å². The van der Waals surface area contributed by atoms with Crippen molar-refractivity contribution in [3.05, 3.63) is 52.0 Å². The highest BCUT2D eigenvalue weighted by Gasteiger charge is 2.06. The van der Waals surface area contributed by atoms with Crippen LogP contribution in [0.1, 0.15) is 16.7 Å². The number of nitrogens with zero attached hydrogens (tertiary/aromatic N) is 1. The second kappa shape index (κ2) is 8.39. The van der Waals surface area contributed by atoms with Gasteiger partial charge in [0.25, 0.3) is 5.91 Å². The molecule has 132 valence electrons. The van der Waals surface area contributed by atoms with Gasteiger partial charge in [-0.3, -0.25) is 4.79 Å². The van der Waals surface area contributed by atoms with Gasteiger partial charge in [-0.25, -0.2) is 5.43 Å². The van der Waals surface area contributed by atoms with Crippen LogP contribution in [0.4, 0.5) is 0 Å². The summed E-state index contributed by atoms with van der Waals surface area (Å²) in [6, 6.07) is 8.27. The summed E-state index contributed by atoms with van der Waals surface area (Å²) < 4.78 is 10.4. The maximum atomic E-state index is 11.8. The van der Waals surface area contributed by atoms with Crippen molar-refractivity contribution in [3.8, 4) is 17.2 Å². The number of carbonyl (C=O) groups is 1. The predicted octanol–water partition coefficient (Wildman–Crippen LogP) is 3.20. The Morgan fingerprint density at radius 1 is 1.28 bits per heavy atom. The zero-order chi connectivity index (χ0) is 18.4. The predicted molar refractivity (Wildman–Crippen MR) is 96.8 cm³/mol. The molecule has 0 saturated carbocycles. The van der Waals surface area contributed by atoms with E-state index in [0.717, 1.165) is 11.1 Å². The molecule has 2 N–H and O–H groups in total. The molecule has 0 atom stereocenters. The molecule has 0 radical (unpaired) electrons. The number of aromatic hydroxyl groups is 1. The Morgan fingerprint density at radius 3 is 2.60 bits per heavy atom. The van der Waals surface area contributed by atoms with Gasteiger partial charge in [0.2, 0.25) is 0 Å². The minimum Gasteiger partial charge on any atom is -0.504 e. The number of halogens is 1. The second-order valence-corrected chi connectivity index (χ2v) is 5.76. The van der Waals surface area contributed by atoms with Crippen LogP contribution in [-0.2, 0) is 4.79 Å². The highest BCUT2D eigenvalue weighted by atomic mass is 35.5. The Labute approximate surface area is 151 Å². The van der Waals surface area contributed by atoms with Crippen LogP contribution in [0, 0.1) is 13.8 Å². The van der Waals surface area contributed by atoms with Gasteiger partial charge in [-0.15, -0.1) is 0 Å². The zero-order valence-electron chi connectivity index (χ0n) is 14.2. The van der Waals surface area contributed by atoms with Crippen molar-refractivity contribution in [2.24, 2.45) is 5.10 Å². The lowest BCUT2D eigenvalue weighted by atomic mass is 10.1. The maximum absolute atomic E-state index is 11.8. The largest absolute Gasteiger partial charge is 0.504 e. The first-order valence-corrected chi connectivity index (χ1v) is 7.87. The lowest BCUT2D eigenvalue weighted by Crippen LogP contribution is -2.24. The van der Waals surface area contributed by atoms with Gasteiger partial charge in [0, 0.05) is 5.02 Å². The summed E-state index contributed by atoms with van der Waals surface area (Å²) >= 11 is 6.09. The number of methoxy groups -OCH3 is 1. The molecule has 2 aromatic carbocycles. The molecular weight excluding hydrogens is 344 g/mol. The number of hydrogen-bond donors (Lipinski definition) is 2. The standard InChI is InChI=1S/C18H19ClN2O4/c1-11-6-14(7-12(2)18(11)19)25-10-17(23)21-20-9-13-4-5-15(22)16(8-13)24-3/h4-9,22H,10H2,1-3H3,(H,21,23)/b20-9+. The first kappa shape index (κ1) is 18.6. The summed E-state index contributed by atoms with van der Waals surface area (Å²) in [4.78, 5) is 11.8. The van der Waals surface area contributed by atoms with Crippen molar-refractivity contribution >= 4 is 23.7 Å². The molecule has 0 aliphatic carbocycles. The molecule has 1 amide bonds. The molecule has 0 heterocycles. The summed E-state index contributed by atoms with van der Waals surface area (Å²) in [5, 5.41) is 14.0. The Morgan fingerprint density at radius 2 is 1.96 bits per heavy atom. The van der Waals surface area contributed by atoms with Gasteiger partial charge in [-0.1, -0.05) is 11.6 Å². The summed E-state index contributed by atoms with van der Waals surface area (Å²) in [6.45, 7) is 3.58. The molecule has 2 rings (SSSR count). The molecule has 0 aliphatic heterocycles. The number of carbonyl (C=O) groups excluding carboxylic acids is 1. The van der Waals surface area contributed by atoms with Crippen molar-refractivity contribution in [2.45, 2.75) is 13.8 Å². The van der Waals surface area contributed by atoms with Gasteiger partial charge in [-0.05, 0) is 60.9 Å².